The predicted octanol–water partition coefficient (Wildman–Crippen LogP) is -0.914. The third kappa shape index (κ3) is 1.04. The second-order valence-electron chi connectivity index (χ2n) is 4.13. The summed E-state index contributed by atoms with van der Waals surface area (Å²) in [6.45, 7) is 2.68. The average Bonchev–Trinajstić information content (AvgIpc) is 2.88. The summed E-state index contributed by atoms with van der Waals surface area (Å²) in [5.41, 5.74) is -0.627. The Morgan fingerprint density at radius 1 is 1.50 bits per heavy atom. The first-order chi connectivity index (χ1) is 6.65. The van der Waals surface area contributed by atoms with Crippen LogP contribution in [0.15, 0.2) is 0 Å². The number of methoxy groups -OCH3 is 1. The van der Waals surface area contributed by atoms with Gasteiger partial charge in [-0.15, -0.1) is 0 Å². The summed E-state index contributed by atoms with van der Waals surface area (Å²) in [6, 6.07) is 0.151. The van der Waals surface area contributed by atoms with E-state index in [9.17, 15) is 0 Å². The molecule has 2 rings (SSSR count). The van der Waals surface area contributed by atoms with Gasteiger partial charge in [0.1, 0.15) is 19.6 Å². The first kappa shape index (κ1) is 10.4. The van der Waals surface area contributed by atoms with E-state index < -0.39 is 0 Å². The van der Waals surface area contributed by atoms with Crippen molar-refractivity contribution in [1.82, 2.24) is 5.32 Å². The lowest BCUT2D eigenvalue weighted by atomic mass is 9.88. The molecule has 0 bridgehead atoms. The van der Waals surface area contributed by atoms with Crippen molar-refractivity contribution in [3.05, 3.63) is 0 Å². The molecule has 2 heterocycles. The minimum Gasteiger partial charge on any atom is -0.382 e. The van der Waals surface area contributed by atoms with E-state index in [1.165, 1.54) is 0 Å². The molecule has 2 aliphatic heterocycles. The van der Waals surface area contributed by atoms with Crippen molar-refractivity contribution in [2.45, 2.75) is 36.8 Å². The fourth-order valence-electron chi connectivity index (χ4n) is 2.72. The van der Waals surface area contributed by atoms with E-state index >= 15 is 0 Å². The maximum Gasteiger partial charge on any atom is 0.179 e. The van der Waals surface area contributed by atoms with Crippen molar-refractivity contribution in [2.24, 2.45) is 0 Å². The second kappa shape index (κ2) is 3.20. The quantitative estimate of drug-likeness (QED) is 0.470. The van der Waals surface area contributed by atoms with Crippen LogP contribution >= 0.6 is 0 Å². The standard InChI is InChI=1S/C9H18BNO3/c1-4-8(5-12-3)9(11-2)6(13-9)7(10)14-8/h6-7,11H,4-5,10H2,1-3H3/t6?,7-,8-,9+/m1/s1. The van der Waals surface area contributed by atoms with Gasteiger partial charge in [0, 0.05) is 7.11 Å². The Bertz CT molecular complexity index is 240. The molecule has 1 unspecified atom stereocenters. The van der Waals surface area contributed by atoms with Gasteiger partial charge in [0.2, 0.25) is 0 Å². The van der Waals surface area contributed by atoms with Crippen molar-refractivity contribution in [1.29, 1.82) is 0 Å². The minimum atomic E-state index is -0.319. The molecule has 0 saturated carbocycles. The number of rotatable bonds is 4. The topological polar surface area (TPSA) is 43.0 Å². The van der Waals surface area contributed by atoms with E-state index in [0.29, 0.717) is 6.61 Å². The molecule has 0 amide bonds. The Hall–Kier alpha value is -0.0951. The minimum absolute atomic E-state index is 0.151. The molecule has 2 aliphatic rings. The molecule has 0 radical (unpaired) electrons. The van der Waals surface area contributed by atoms with Crippen molar-refractivity contribution in [3.8, 4) is 0 Å². The van der Waals surface area contributed by atoms with Gasteiger partial charge in [0.25, 0.3) is 0 Å². The summed E-state index contributed by atoms with van der Waals surface area (Å²) >= 11 is 0. The molecule has 14 heavy (non-hydrogen) atoms. The highest BCUT2D eigenvalue weighted by atomic mass is 16.7. The number of fused-ring (bicyclic) bond motifs is 1. The normalized spacial score (nSPS) is 50.5. The molecule has 0 aliphatic carbocycles. The number of ether oxygens (including phenoxy) is 3. The number of epoxide rings is 1. The van der Waals surface area contributed by atoms with Gasteiger partial charge in [-0.05, 0) is 13.5 Å². The van der Waals surface area contributed by atoms with E-state index in [1.54, 1.807) is 7.11 Å². The maximum atomic E-state index is 5.98. The first-order valence-electron chi connectivity index (χ1n) is 5.19. The zero-order chi connectivity index (χ0) is 10.4. The van der Waals surface area contributed by atoms with Crippen molar-refractivity contribution < 1.29 is 14.2 Å². The number of likely N-dealkylation sites (N-methyl/N-ethyl adjacent to an activating group) is 1. The van der Waals surface area contributed by atoms with Crippen LogP contribution < -0.4 is 5.32 Å². The summed E-state index contributed by atoms with van der Waals surface area (Å²) in [4.78, 5) is 0. The molecule has 0 aromatic carbocycles. The van der Waals surface area contributed by atoms with Crippen LogP contribution in [-0.4, -0.2) is 52.0 Å². The van der Waals surface area contributed by atoms with E-state index in [2.05, 4.69) is 20.1 Å². The van der Waals surface area contributed by atoms with Crippen LogP contribution in [0.1, 0.15) is 13.3 Å². The molecule has 2 fully saturated rings. The van der Waals surface area contributed by atoms with Crippen LogP contribution in [0, 0.1) is 0 Å². The van der Waals surface area contributed by atoms with Gasteiger partial charge in [0.05, 0.1) is 12.6 Å². The molecule has 0 aromatic rings. The number of hydrogen-bond acceptors (Lipinski definition) is 4. The van der Waals surface area contributed by atoms with Crippen LogP contribution in [0.5, 0.6) is 0 Å². The summed E-state index contributed by atoms with van der Waals surface area (Å²) in [5.74, 6) is 0. The number of hydrogen-bond donors (Lipinski definition) is 1. The van der Waals surface area contributed by atoms with Gasteiger partial charge in [0.15, 0.2) is 5.72 Å². The Labute approximate surface area is 85.7 Å². The van der Waals surface area contributed by atoms with Gasteiger partial charge in [-0.2, -0.15) is 0 Å². The van der Waals surface area contributed by atoms with Crippen molar-refractivity contribution >= 4 is 7.85 Å². The lowest BCUT2D eigenvalue weighted by Gasteiger charge is -2.34. The molecule has 2 saturated heterocycles. The highest BCUT2D eigenvalue weighted by Gasteiger charge is 2.76. The molecule has 80 valence electrons. The lowest BCUT2D eigenvalue weighted by Crippen LogP contribution is -2.55. The Morgan fingerprint density at radius 3 is 2.64 bits per heavy atom. The SMILES string of the molecule is B[C@@H]1O[C@](CC)(COC)[C@@]2(NC)OC12. The van der Waals surface area contributed by atoms with Crippen LogP contribution in [0.25, 0.3) is 0 Å². The highest BCUT2D eigenvalue weighted by Crippen LogP contribution is 2.54. The fraction of sp³-hybridized carbons (Fsp3) is 1.00. The van der Waals surface area contributed by atoms with E-state index in [-0.39, 0.29) is 23.4 Å². The van der Waals surface area contributed by atoms with Gasteiger partial charge >= 0.3 is 0 Å². The second-order valence-corrected chi connectivity index (χ2v) is 4.13. The van der Waals surface area contributed by atoms with Crippen LogP contribution in [0.4, 0.5) is 0 Å². The Kier molecular flexibility index (Phi) is 2.38. The third-order valence-corrected chi connectivity index (χ3v) is 3.49. The molecular weight excluding hydrogens is 181 g/mol. The van der Waals surface area contributed by atoms with Gasteiger partial charge in [-0.1, -0.05) is 6.92 Å². The van der Waals surface area contributed by atoms with E-state index in [4.69, 9.17) is 14.2 Å². The summed E-state index contributed by atoms with van der Waals surface area (Å²) in [5, 5.41) is 3.24. The Balaban J connectivity index is 2.24. The third-order valence-electron chi connectivity index (χ3n) is 3.49. The fourth-order valence-corrected chi connectivity index (χ4v) is 2.72. The summed E-state index contributed by atoms with van der Waals surface area (Å²) < 4.78 is 17.0. The van der Waals surface area contributed by atoms with Crippen molar-refractivity contribution in [3.63, 3.8) is 0 Å². The molecule has 1 N–H and O–H groups in total. The Morgan fingerprint density at radius 2 is 2.21 bits per heavy atom. The first-order valence-corrected chi connectivity index (χ1v) is 5.19. The summed E-state index contributed by atoms with van der Waals surface area (Å²) in [6.07, 6.45) is 1.07. The zero-order valence-electron chi connectivity index (χ0n) is 9.29. The van der Waals surface area contributed by atoms with Crippen LogP contribution in [-0.2, 0) is 14.2 Å². The molecule has 5 heteroatoms. The number of nitrogens with one attached hydrogen (secondary N) is 1. The maximum absolute atomic E-state index is 5.98. The lowest BCUT2D eigenvalue weighted by molar-refractivity contribution is -0.144. The highest BCUT2D eigenvalue weighted by molar-refractivity contribution is 6.12. The van der Waals surface area contributed by atoms with E-state index in [1.807, 2.05) is 7.05 Å². The van der Waals surface area contributed by atoms with Gasteiger partial charge in [-0.25, -0.2) is 0 Å². The van der Waals surface area contributed by atoms with Crippen molar-refractivity contribution in [2.75, 3.05) is 20.8 Å². The summed E-state index contributed by atoms with van der Waals surface area (Å²) in [7, 11) is 5.67. The average molecular weight is 199 g/mol. The monoisotopic (exact) mass is 199 g/mol. The molecule has 0 aromatic heterocycles. The van der Waals surface area contributed by atoms with E-state index in [0.717, 1.165) is 6.42 Å². The van der Waals surface area contributed by atoms with Gasteiger partial charge < -0.3 is 14.2 Å². The molecule has 4 atom stereocenters. The van der Waals surface area contributed by atoms with Gasteiger partial charge in [-0.3, -0.25) is 5.32 Å². The molecule has 0 spiro atoms. The predicted molar refractivity (Wildman–Crippen MR) is 55.0 cm³/mol. The van der Waals surface area contributed by atoms with Crippen LogP contribution in [0.2, 0.25) is 0 Å². The molecular formula is C9H18BNO3. The smallest absolute Gasteiger partial charge is 0.179 e. The van der Waals surface area contributed by atoms with Crippen LogP contribution in [0.3, 0.4) is 0 Å². The zero-order valence-corrected chi connectivity index (χ0v) is 9.29. The largest absolute Gasteiger partial charge is 0.382 e. The molecule has 4 nitrogen and oxygen atoms in total.